The molecule has 2 N–H and O–H groups in total. The first-order valence-corrected chi connectivity index (χ1v) is 7.17. The predicted octanol–water partition coefficient (Wildman–Crippen LogP) is -0.0401. The van der Waals surface area contributed by atoms with Crippen LogP contribution < -0.4 is 10.9 Å². The van der Waals surface area contributed by atoms with Gasteiger partial charge in [0, 0.05) is 19.0 Å². The van der Waals surface area contributed by atoms with Gasteiger partial charge in [-0.05, 0) is 0 Å². The molecule has 1 aromatic carbocycles. The second-order valence-corrected chi connectivity index (χ2v) is 6.41. The fourth-order valence-corrected chi connectivity index (χ4v) is 3.81. The fourth-order valence-electron chi connectivity index (χ4n) is 1.50. The summed E-state index contributed by atoms with van der Waals surface area (Å²) in [4.78, 5) is 22.3. The third-order valence-electron chi connectivity index (χ3n) is 2.10. The molecule has 1 rings (SSSR count). The number of rotatable bonds is 4. The van der Waals surface area contributed by atoms with E-state index in [2.05, 4.69) is 0 Å². The molecule has 0 aliphatic rings. The van der Waals surface area contributed by atoms with Crippen LogP contribution in [0.15, 0.2) is 30.3 Å². The molecular weight excluding hydrogens is 238 g/mol. The molecule has 0 radical (unpaired) electrons. The summed E-state index contributed by atoms with van der Waals surface area (Å²) in [5, 5.41) is 0.660. The van der Waals surface area contributed by atoms with E-state index in [9.17, 15) is 9.59 Å². The summed E-state index contributed by atoms with van der Waals surface area (Å²) in [6.07, 6.45) is -0.00380. The van der Waals surface area contributed by atoms with Gasteiger partial charge < -0.3 is 14.6 Å². The first kappa shape index (κ1) is 13.4. The molecule has 0 saturated heterocycles. The number of benzene rings is 1. The molecule has 5 nitrogen and oxygen atoms in total. The maximum atomic E-state index is 11.1. The monoisotopic (exact) mass is 253 g/mol. The highest BCUT2D eigenvalue weighted by molar-refractivity contribution is 6.83. The van der Waals surface area contributed by atoms with Gasteiger partial charge in [-0.3, -0.25) is 9.59 Å². The van der Waals surface area contributed by atoms with Crippen LogP contribution in [0.5, 0.6) is 0 Å². The standard InChI is InChI=1S/C11H15NO4Si/c1-9(13)15-17(8-12,16-10(2)14)11-6-4-3-5-7-11/h3-7H,8,12H2,1-2H3. The van der Waals surface area contributed by atoms with E-state index in [0.29, 0.717) is 5.19 Å². The number of nitrogens with two attached hydrogens (primary N) is 1. The van der Waals surface area contributed by atoms with Crippen molar-refractivity contribution in [3.05, 3.63) is 30.3 Å². The van der Waals surface area contributed by atoms with Crippen molar-refractivity contribution in [3.63, 3.8) is 0 Å². The molecule has 17 heavy (non-hydrogen) atoms. The minimum Gasteiger partial charge on any atom is -0.481 e. The molecular formula is C11H15NO4Si. The Balaban J connectivity index is 3.15. The SMILES string of the molecule is CC(=O)O[Si](CN)(OC(C)=O)c1ccccc1. The van der Waals surface area contributed by atoms with E-state index in [4.69, 9.17) is 14.6 Å². The average molecular weight is 253 g/mol. The Labute approximate surface area is 101 Å². The molecule has 0 spiro atoms. The number of carbonyl (C=O) groups excluding carboxylic acids is 2. The largest absolute Gasteiger partial charge is 0.513 e. The van der Waals surface area contributed by atoms with E-state index >= 15 is 0 Å². The van der Waals surface area contributed by atoms with E-state index in [1.54, 1.807) is 24.3 Å². The van der Waals surface area contributed by atoms with Crippen LogP contribution in [0.25, 0.3) is 0 Å². The van der Waals surface area contributed by atoms with Crippen molar-refractivity contribution >= 4 is 25.7 Å². The van der Waals surface area contributed by atoms with Gasteiger partial charge in [-0.25, -0.2) is 0 Å². The van der Waals surface area contributed by atoms with Gasteiger partial charge in [0.2, 0.25) is 0 Å². The summed E-state index contributed by atoms with van der Waals surface area (Å²) in [5.41, 5.74) is 5.64. The fraction of sp³-hybridized carbons (Fsp3) is 0.273. The lowest BCUT2D eigenvalue weighted by Gasteiger charge is -2.27. The summed E-state index contributed by atoms with van der Waals surface area (Å²) in [5.74, 6) is -1.01. The summed E-state index contributed by atoms with van der Waals surface area (Å²) < 4.78 is 10.4. The van der Waals surface area contributed by atoms with Crippen LogP contribution >= 0.6 is 0 Å². The molecule has 0 aliphatic heterocycles. The second kappa shape index (κ2) is 5.60. The molecule has 92 valence electrons. The van der Waals surface area contributed by atoms with Crippen LogP contribution in [0.4, 0.5) is 0 Å². The molecule has 0 aliphatic carbocycles. The molecule has 0 unspecified atom stereocenters. The van der Waals surface area contributed by atoms with Gasteiger partial charge >= 0.3 is 8.56 Å². The molecule has 0 bridgehead atoms. The van der Waals surface area contributed by atoms with Gasteiger partial charge in [-0.1, -0.05) is 30.3 Å². The number of hydrogen-bond acceptors (Lipinski definition) is 5. The third kappa shape index (κ3) is 3.40. The smallest absolute Gasteiger partial charge is 0.481 e. The van der Waals surface area contributed by atoms with Crippen molar-refractivity contribution in [1.29, 1.82) is 0 Å². The molecule has 0 saturated carbocycles. The molecule has 0 amide bonds. The Hall–Kier alpha value is -1.66. The Morgan fingerprint density at radius 3 is 1.94 bits per heavy atom. The van der Waals surface area contributed by atoms with Crippen LogP contribution in [-0.2, 0) is 18.4 Å². The predicted molar refractivity (Wildman–Crippen MR) is 64.4 cm³/mol. The summed E-state index contributed by atoms with van der Waals surface area (Å²) in [7, 11) is -3.19. The lowest BCUT2D eigenvalue weighted by molar-refractivity contribution is -0.138. The van der Waals surface area contributed by atoms with Crippen LogP contribution in [0.2, 0.25) is 0 Å². The Kier molecular flexibility index (Phi) is 4.42. The number of hydrogen-bond donors (Lipinski definition) is 1. The van der Waals surface area contributed by atoms with Crippen LogP contribution in [-0.4, -0.2) is 26.7 Å². The highest BCUT2D eigenvalue weighted by Crippen LogP contribution is 2.08. The van der Waals surface area contributed by atoms with Crippen LogP contribution in [0.1, 0.15) is 13.8 Å². The van der Waals surface area contributed by atoms with Crippen molar-refractivity contribution < 1.29 is 18.4 Å². The Morgan fingerprint density at radius 2 is 1.59 bits per heavy atom. The molecule has 1 aromatic rings. The van der Waals surface area contributed by atoms with Gasteiger partial charge in [0.25, 0.3) is 11.9 Å². The third-order valence-corrected chi connectivity index (χ3v) is 5.08. The first-order chi connectivity index (χ1) is 8.00. The second-order valence-electron chi connectivity index (χ2n) is 3.51. The highest BCUT2D eigenvalue weighted by Gasteiger charge is 2.45. The lowest BCUT2D eigenvalue weighted by Crippen LogP contribution is -2.61. The Bertz CT molecular complexity index is 391. The van der Waals surface area contributed by atoms with E-state index in [0.717, 1.165) is 0 Å². The molecule has 0 heterocycles. The van der Waals surface area contributed by atoms with E-state index in [-0.39, 0.29) is 6.17 Å². The van der Waals surface area contributed by atoms with Gasteiger partial charge in [-0.15, -0.1) is 0 Å². The van der Waals surface area contributed by atoms with Crippen LogP contribution in [0, 0.1) is 0 Å². The zero-order valence-electron chi connectivity index (χ0n) is 9.80. The quantitative estimate of drug-likeness (QED) is 0.762. The van der Waals surface area contributed by atoms with Crippen molar-refractivity contribution in [2.45, 2.75) is 13.8 Å². The van der Waals surface area contributed by atoms with Crippen molar-refractivity contribution in [2.75, 3.05) is 6.17 Å². The van der Waals surface area contributed by atoms with Gasteiger partial charge in [0.15, 0.2) is 0 Å². The summed E-state index contributed by atoms with van der Waals surface area (Å²) in [6, 6.07) is 8.86. The topological polar surface area (TPSA) is 78.6 Å². The van der Waals surface area contributed by atoms with Gasteiger partial charge in [0.1, 0.15) is 0 Å². The van der Waals surface area contributed by atoms with E-state index in [1.807, 2.05) is 6.07 Å². The van der Waals surface area contributed by atoms with Gasteiger partial charge in [-0.2, -0.15) is 0 Å². The first-order valence-electron chi connectivity index (χ1n) is 5.15. The van der Waals surface area contributed by atoms with Crippen molar-refractivity contribution in [3.8, 4) is 0 Å². The maximum Gasteiger partial charge on any atom is 0.513 e. The highest BCUT2D eigenvalue weighted by atomic mass is 28.4. The minimum absolute atomic E-state index is 0.00380. The normalized spacial score (nSPS) is 10.8. The van der Waals surface area contributed by atoms with E-state index in [1.165, 1.54) is 13.8 Å². The number of carbonyl (C=O) groups is 2. The maximum absolute atomic E-state index is 11.1. The average Bonchev–Trinajstić information content (AvgIpc) is 2.28. The molecule has 6 heteroatoms. The molecule has 0 aromatic heterocycles. The minimum atomic E-state index is -3.19. The zero-order valence-corrected chi connectivity index (χ0v) is 10.8. The van der Waals surface area contributed by atoms with Gasteiger partial charge in [0.05, 0.1) is 6.17 Å². The summed E-state index contributed by atoms with van der Waals surface area (Å²) >= 11 is 0. The van der Waals surface area contributed by atoms with Crippen LogP contribution in [0.3, 0.4) is 0 Å². The summed E-state index contributed by atoms with van der Waals surface area (Å²) in [6.45, 7) is 2.54. The molecule has 0 fully saturated rings. The molecule has 0 atom stereocenters. The lowest BCUT2D eigenvalue weighted by atomic mass is 10.4. The Morgan fingerprint density at radius 1 is 1.12 bits per heavy atom. The van der Waals surface area contributed by atoms with Crippen molar-refractivity contribution in [2.24, 2.45) is 5.73 Å². The zero-order chi connectivity index (χ0) is 12.9. The van der Waals surface area contributed by atoms with E-state index < -0.39 is 20.5 Å². The van der Waals surface area contributed by atoms with Crippen molar-refractivity contribution in [1.82, 2.24) is 0 Å².